The number of sulfone groups is 1. The van der Waals surface area contributed by atoms with Gasteiger partial charge in [-0.15, -0.1) is 12.4 Å². The molecule has 2 aromatic carbocycles. The van der Waals surface area contributed by atoms with E-state index in [1.807, 2.05) is 0 Å². The molecular formula is C20H25ClF2N2O2S. The highest BCUT2D eigenvalue weighted by atomic mass is 35.5. The molecule has 0 radical (unpaired) electrons. The highest BCUT2D eigenvalue weighted by molar-refractivity contribution is 7.91. The first-order valence-corrected chi connectivity index (χ1v) is 10.6. The molecular weight excluding hydrogens is 406 g/mol. The van der Waals surface area contributed by atoms with Gasteiger partial charge in [0.25, 0.3) is 0 Å². The molecule has 1 aliphatic heterocycles. The third-order valence-corrected chi connectivity index (χ3v) is 6.40. The maximum absolute atomic E-state index is 12.7. The summed E-state index contributed by atoms with van der Waals surface area (Å²) in [6, 6.07) is 14.6. The van der Waals surface area contributed by atoms with Gasteiger partial charge in [-0.2, -0.15) is 8.78 Å². The second-order valence-corrected chi connectivity index (χ2v) is 8.65. The molecule has 0 aromatic heterocycles. The van der Waals surface area contributed by atoms with Crippen LogP contribution in [0.3, 0.4) is 0 Å². The van der Waals surface area contributed by atoms with Crippen LogP contribution in [0, 0.1) is 0 Å². The lowest BCUT2D eigenvalue weighted by atomic mass is 10.0. The Morgan fingerprint density at radius 1 is 1.07 bits per heavy atom. The molecule has 28 heavy (non-hydrogen) atoms. The average Bonchev–Trinajstić information content (AvgIpc) is 2.69. The summed E-state index contributed by atoms with van der Waals surface area (Å²) >= 11 is 0. The number of hydrogen-bond acceptors (Lipinski definition) is 4. The first-order chi connectivity index (χ1) is 12.9. The summed E-state index contributed by atoms with van der Waals surface area (Å²) in [6.07, 6.45) is 1.00. The van der Waals surface area contributed by atoms with Gasteiger partial charge in [0.15, 0.2) is 0 Å². The molecule has 1 aliphatic rings. The van der Waals surface area contributed by atoms with Crippen molar-refractivity contribution in [2.45, 2.75) is 36.6 Å². The van der Waals surface area contributed by atoms with Crippen LogP contribution in [0.5, 0.6) is 0 Å². The summed E-state index contributed by atoms with van der Waals surface area (Å²) in [5, 5.41) is 3.41. The zero-order chi connectivity index (χ0) is 19.4. The topological polar surface area (TPSA) is 49.4 Å². The van der Waals surface area contributed by atoms with E-state index >= 15 is 0 Å². The molecule has 1 saturated heterocycles. The van der Waals surface area contributed by atoms with Crippen molar-refractivity contribution in [1.29, 1.82) is 0 Å². The number of nitrogens with zero attached hydrogens (tertiary/aromatic N) is 1. The predicted molar refractivity (Wildman–Crippen MR) is 109 cm³/mol. The molecule has 0 bridgehead atoms. The largest absolute Gasteiger partial charge is 0.341 e. The summed E-state index contributed by atoms with van der Waals surface area (Å²) in [4.78, 5) is 1.99. The molecule has 2 aromatic rings. The molecule has 8 heteroatoms. The number of halogens is 3. The average molecular weight is 431 g/mol. The minimum absolute atomic E-state index is 0. The molecule has 0 aliphatic carbocycles. The first-order valence-electron chi connectivity index (χ1n) is 9.06. The number of piperazine rings is 1. The molecule has 0 amide bonds. The Bertz CT molecular complexity index is 859. The van der Waals surface area contributed by atoms with Crippen molar-refractivity contribution >= 4 is 22.2 Å². The summed E-state index contributed by atoms with van der Waals surface area (Å²) in [5.74, 6) is -3.40. The van der Waals surface area contributed by atoms with E-state index in [9.17, 15) is 17.2 Å². The monoisotopic (exact) mass is 430 g/mol. The van der Waals surface area contributed by atoms with Crippen molar-refractivity contribution in [3.8, 4) is 0 Å². The van der Waals surface area contributed by atoms with Crippen molar-refractivity contribution in [1.82, 2.24) is 10.2 Å². The molecule has 0 saturated carbocycles. The van der Waals surface area contributed by atoms with Crippen LogP contribution in [0.1, 0.15) is 29.7 Å². The van der Waals surface area contributed by atoms with Crippen LogP contribution in [0.2, 0.25) is 0 Å². The minimum Gasteiger partial charge on any atom is -0.314 e. The van der Waals surface area contributed by atoms with Gasteiger partial charge in [0.1, 0.15) is 0 Å². The molecule has 3 rings (SSSR count). The fourth-order valence-electron chi connectivity index (χ4n) is 3.36. The third kappa shape index (κ3) is 5.08. The number of hydrogen-bond donors (Lipinski definition) is 1. The van der Waals surface area contributed by atoms with Gasteiger partial charge in [0.2, 0.25) is 9.84 Å². The lowest BCUT2D eigenvalue weighted by Crippen LogP contribution is -2.45. The SMILES string of the molecule is CCc1ccc(C2CNCCN2Cc2ccc(S(=O)(=O)C(F)F)cc2)cc1.Cl. The zero-order valence-electron chi connectivity index (χ0n) is 15.6. The number of benzene rings is 2. The predicted octanol–water partition coefficient (Wildman–Crippen LogP) is 3.81. The van der Waals surface area contributed by atoms with E-state index in [0.29, 0.717) is 6.54 Å². The van der Waals surface area contributed by atoms with E-state index in [4.69, 9.17) is 0 Å². The van der Waals surface area contributed by atoms with Crippen molar-refractivity contribution in [2.24, 2.45) is 0 Å². The van der Waals surface area contributed by atoms with E-state index in [0.717, 1.165) is 31.6 Å². The summed E-state index contributed by atoms with van der Waals surface area (Å²) < 4.78 is 48.4. The normalized spacial score (nSPS) is 18.1. The van der Waals surface area contributed by atoms with Crippen LogP contribution in [-0.2, 0) is 22.8 Å². The van der Waals surface area contributed by atoms with Crippen LogP contribution in [0.4, 0.5) is 8.78 Å². The van der Waals surface area contributed by atoms with Gasteiger partial charge in [0, 0.05) is 32.2 Å². The molecule has 1 N–H and O–H groups in total. The Hall–Kier alpha value is -1.54. The lowest BCUT2D eigenvalue weighted by Gasteiger charge is -2.36. The number of alkyl halides is 2. The lowest BCUT2D eigenvalue weighted by molar-refractivity contribution is 0.153. The van der Waals surface area contributed by atoms with Crippen LogP contribution in [0.25, 0.3) is 0 Å². The number of rotatable bonds is 6. The Balaban J connectivity index is 0.00000280. The molecule has 1 atom stereocenters. The molecule has 4 nitrogen and oxygen atoms in total. The van der Waals surface area contributed by atoms with E-state index < -0.39 is 15.6 Å². The van der Waals surface area contributed by atoms with Gasteiger partial charge in [-0.05, 0) is 35.2 Å². The number of aryl methyl sites for hydroxylation is 1. The maximum Gasteiger partial charge on any atom is 0.341 e. The smallest absolute Gasteiger partial charge is 0.314 e. The van der Waals surface area contributed by atoms with Gasteiger partial charge < -0.3 is 5.32 Å². The minimum atomic E-state index is -4.54. The van der Waals surface area contributed by atoms with E-state index in [1.165, 1.54) is 23.3 Å². The van der Waals surface area contributed by atoms with E-state index in [-0.39, 0.29) is 23.3 Å². The fraction of sp³-hybridized carbons (Fsp3) is 0.400. The van der Waals surface area contributed by atoms with Crippen molar-refractivity contribution in [2.75, 3.05) is 19.6 Å². The molecule has 1 fully saturated rings. The van der Waals surface area contributed by atoms with Crippen LogP contribution in [0.15, 0.2) is 53.4 Å². The van der Waals surface area contributed by atoms with E-state index in [2.05, 4.69) is 41.4 Å². The second-order valence-electron chi connectivity index (χ2n) is 6.74. The van der Waals surface area contributed by atoms with Crippen LogP contribution < -0.4 is 5.32 Å². The van der Waals surface area contributed by atoms with Crippen molar-refractivity contribution in [3.63, 3.8) is 0 Å². The second kappa shape index (κ2) is 9.78. The highest BCUT2D eigenvalue weighted by Gasteiger charge is 2.27. The van der Waals surface area contributed by atoms with Gasteiger partial charge in [-0.25, -0.2) is 8.42 Å². The van der Waals surface area contributed by atoms with Gasteiger partial charge in [-0.1, -0.05) is 43.3 Å². The van der Waals surface area contributed by atoms with Gasteiger partial charge in [0.05, 0.1) is 4.90 Å². The standard InChI is InChI=1S/C20H24F2N2O2S.ClH/c1-2-15-3-7-17(8-4-15)19-13-23-11-12-24(19)14-16-5-9-18(10-6-16)27(25,26)20(21)22;/h3-10,19-20,23H,2,11-14H2,1H3;1H. The Morgan fingerprint density at radius 2 is 1.68 bits per heavy atom. The van der Waals surface area contributed by atoms with Crippen LogP contribution >= 0.6 is 12.4 Å². The Labute approximate surface area is 171 Å². The summed E-state index contributed by atoms with van der Waals surface area (Å²) in [7, 11) is -4.54. The van der Waals surface area contributed by atoms with E-state index in [1.54, 1.807) is 12.1 Å². The molecule has 1 heterocycles. The fourth-order valence-corrected chi connectivity index (χ4v) is 4.08. The third-order valence-electron chi connectivity index (χ3n) is 5.00. The quantitative estimate of drug-likeness (QED) is 0.757. The van der Waals surface area contributed by atoms with Crippen molar-refractivity contribution < 1.29 is 17.2 Å². The first kappa shape index (κ1) is 22.7. The zero-order valence-corrected chi connectivity index (χ0v) is 17.3. The summed E-state index contributed by atoms with van der Waals surface area (Å²) in [5.41, 5.74) is 3.43. The maximum atomic E-state index is 12.7. The molecule has 1 unspecified atom stereocenters. The highest BCUT2D eigenvalue weighted by Crippen LogP contribution is 2.25. The molecule has 154 valence electrons. The number of nitrogens with one attached hydrogen (secondary N) is 1. The Morgan fingerprint density at radius 3 is 2.25 bits per heavy atom. The molecule has 0 spiro atoms. The van der Waals surface area contributed by atoms with Crippen molar-refractivity contribution in [3.05, 3.63) is 65.2 Å². The van der Waals surface area contributed by atoms with Crippen LogP contribution in [-0.4, -0.2) is 38.7 Å². The Kier molecular flexibility index (Phi) is 7.95. The van der Waals surface area contributed by atoms with Gasteiger partial charge in [-0.3, -0.25) is 4.90 Å². The van der Waals surface area contributed by atoms with Gasteiger partial charge >= 0.3 is 5.76 Å². The summed E-state index contributed by atoms with van der Waals surface area (Å²) in [6.45, 7) is 5.33.